The van der Waals surface area contributed by atoms with Crippen molar-refractivity contribution in [3.63, 3.8) is 0 Å². The number of nitrogens with zero attached hydrogens (tertiary/aromatic N) is 1. The largest absolute Gasteiger partial charge is 0.481 e. The van der Waals surface area contributed by atoms with Gasteiger partial charge in [-0.15, -0.1) is 0 Å². The van der Waals surface area contributed by atoms with Gasteiger partial charge in [0.2, 0.25) is 0 Å². The highest BCUT2D eigenvalue weighted by atomic mass is 19.1. The molecule has 0 bridgehead atoms. The van der Waals surface area contributed by atoms with Gasteiger partial charge in [0.25, 0.3) is 0 Å². The molecule has 0 saturated carbocycles. The third kappa shape index (κ3) is 4.53. The number of carboxylic acid groups (broad SMARTS) is 1. The van der Waals surface area contributed by atoms with Crippen LogP contribution in [0.15, 0.2) is 24.3 Å². The van der Waals surface area contributed by atoms with Crippen molar-refractivity contribution in [2.45, 2.75) is 26.4 Å². The molecule has 2 N–H and O–H groups in total. The van der Waals surface area contributed by atoms with Crippen molar-refractivity contribution in [2.75, 3.05) is 7.05 Å². The molecule has 2 atom stereocenters. The number of amides is 2. The number of urea groups is 1. The molecule has 110 valence electrons. The monoisotopic (exact) mass is 282 g/mol. The van der Waals surface area contributed by atoms with Crippen LogP contribution in [0.5, 0.6) is 0 Å². The summed E-state index contributed by atoms with van der Waals surface area (Å²) in [6, 6.07) is 5.10. The summed E-state index contributed by atoms with van der Waals surface area (Å²) in [5, 5.41) is 11.5. The molecule has 0 aromatic heterocycles. The Bertz CT molecular complexity index is 493. The van der Waals surface area contributed by atoms with Crippen LogP contribution in [0.25, 0.3) is 0 Å². The number of hydrogen-bond donors (Lipinski definition) is 2. The second kappa shape index (κ2) is 6.88. The molecule has 0 heterocycles. The third-order valence-electron chi connectivity index (χ3n) is 3.15. The van der Waals surface area contributed by atoms with Crippen LogP contribution in [-0.2, 0) is 11.3 Å². The van der Waals surface area contributed by atoms with E-state index in [4.69, 9.17) is 5.11 Å². The molecule has 0 aliphatic carbocycles. The molecule has 2 unspecified atom stereocenters. The lowest BCUT2D eigenvalue weighted by Gasteiger charge is -2.23. The van der Waals surface area contributed by atoms with Crippen molar-refractivity contribution < 1.29 is 19.1 Å². The van der Waals surface area contributed by atoms with Gasteiger partial charge in [-0.2, -0.15) is 0 Å². The molecule has 0 aliphatic rings. The fourth-order valence-corrected chi connectivity index (χ4v) is 1.62. The lowest BCUT2D eigenvalue weighted by molar-refractivity contribution is -0.141. The summed E-state index contributed by atoms with van der Waals surface area (Å²) in [7, 11) is 1.57. The van der Waals surface area contributed by atoms with Gasteiger partial charge in [0, 0.05) is 19.6 Å². The van der Waals surface area contributed by atoms with Crippen LogP contribution >= 0.6 is 0 Å². The number of carboxylic acids is 1. The number of benzene rings is 1. The van der Waals surface area contributed by atoms with Crippen LogP contribution in [0.3, 0.4) is 0 Å². The SMILES string of the molecule is CC(NC(=O)N(C)Cc1cccc(F)c1)C(C)C(=O)O. The molecule has 1 aromatic rings. The highest BCUT2D eigenvalue weighted by molar-refractivity contribution is 5.76. The summed E-state index contributed by atoms with van der Waals surface area (Å²) in [6.45, 7) is 3.41. The molecule has 6 heteroatoms. The van der Waals surface area contributed by atoms with Gasteiger partial charge in [0.05, 0.1) is 5.92 Å². The minimum Gasteiger partial charge on any atom is -0.481 e. The zero-order valence-electron chi connectivity index (χ0n) is 11.8. The Kier molecular flexibility index (Phi) is 5.49. The predicted molar refractivity (Wildman–Crippen MR) is 72.7 cm³/mol. The Morgan fingerprint density at radius 3 is 2.60 bits per heavy atom. The third-order valence-corrected chi connectivity index (χ3v) is 3.15. The summed E-state index contributed by atoms with van der Waals surface area (Å²) in [5.41, 5.74) is 0.668. The number of hydrogen-bond acceptors (Lipinski definition) is 2. The maximum Gasteiger partial charge on any atom is 0.317 e. The van der Waals surface area contributed by atoms with Crippen LogP contribution in [0.2, 0.25) is 0 Å². The van der Waals surface area contributed by atoms with E-state index in [1.165, 1.54) is 24.0 Å². The number of nitrogens with one attached hydrogen (secondary N) is 1. The van der Waals surface area contributed by atoms with Crippen molar-refractivity contribution in [3.05, 3.63) is 35.6 Å². The van der Waals surface area contributed by atoms with Gasteiger partial charge in [0.15, 0.2) is 0 Å². The minimum atomic E-state index is -0.967. The zero-order valence-corrected chi connectivity index (χ0v) is 11.8. The molecule has 1 aromatic carbocycles. The molecule has 20 heavy (non-hydrogen) atoms. The van der Waals surface area contributed by atoms with Gasteiger partial charge >= 0.3 is 12.0 Å². The van der Waals surface area contributed by atoms with Crippen LogP contribution in [0.4, 0.5) is 9.18 Å². The summed E-state index contributed by atoms with van der Waals surface area (Å²) >= 11 is 0. The topological polar surface area (TPSA) is 69.6 Å². The minimum absolute atomic E-state index is 0.248. The van der Waals surface area contributed by atoms with Crippen molar-refractivity contribution in [1.82, 2.24) is 10.2 Å². The Morgan fingerprint density at radius 2 is 2.05 bits per heavy atom. The van der Waals surface area contributed by atoms with Crippen molar-refractivity contribution in [3.8, 4) is 0 Å². The van der Waals surface area contributed by atoms with E-state index in [0.29, 0.717) is 5.56 Å². The molecular formula is C14H19FN2O3. The first-order valence-corrected chi connectivity index (χ1v) is 6.30. The Balaban J connectivity index is 2.57. The predicted octanol–water partition coefficient (Wildman–Crippen LogP) is 2.08. The normalized spacial score (nSPS) is 13.4. The fourth-order valence-electron chi connectivity index (χ4n) is 1.62. The van der Waals surface area contributed by atoms with Gasteiger partial charge < -0.3 is 15.3 Å². The number of aliphatic carboxylic acids is 1. The molecule has 1 rings (SSSR count). The van der Waals surface area contributed by atoms with Crippen molar-refractivity contribution in [1.29, 1.82) is 0 Å². The van der Waals surface area contributed by atoms with E-state index in [9.17, 15) is 14.0 Å². The summed E-state index contributed by atoms with van der Waals surface area (Å²) < 4.78 is 13.0. The molecule has 2 amide bonds. The highest BCUT2D eigenvalue weighted by Crippen LogP contribution is 2.07. The van der Waals surface area contributed by atoms with Gasteiger partial charge in [0.1, 0.15) is 5.82 Å². The molecule has 0 saturated heterocycles. The van der Waals surface area contributed by atoms with Gasteiger partial charge in [-0.1, -0.05) is 12.1 Å². The molecular weight excluding hydrogens is 263 g/mol. The summed E-state index contributed by atoms with van der Waals surface area (Å²) in [6.07, 6.45) is 0. The lowest BCUT2D eigenvalue weighted by Crippen LogP contribution is -2.45. The van der Waals surface area contributed by atoms with E-state index in [0.717, 1.165) is 0 Å². The maximum absolute atomic E-state index is 13.0. The molecule has 0 spiro atoms. The fraction of sp³-hybridized carbons (Fsp3) is 0.429. The number of rotatable bonds is 5. The molecule has 0 aliphatic heterocycles. The standard InChI is InChI=1S/C14H19FN2O3/c1-9(13(18)19)10(2)16-14(20)17(3)8-11-5-4-6-12(15)7-11/h4-7,9-10H,8H2,1-3H3,(H,16,20)(H,18,19). The zero-order chi connectivity index (χ0) is 15.3. The first-order chi connectivity index (χ1) is 9.31. The van der Waals surface area contributed by atoms with E-state index in [1.807, 2.05) is 0 Å². The summed E-state index contributed by atoms with van der Waals surface area (Å²) in [5.74, 6) is -2.00. The Labute approximate surface area is 117 Å². The lowest BCUT2D eigenvalue weighted by atomic mass is 10.0. The number of carbonyl (C=O) groups excluding carboxylic acids is 1. The average Bonchev–Trinajstić information content (AvgIpc) is 2.37. The molecule has 0 radical (unpaired) electrons. The second-order valence-corrected chi connectivity index (χ2v) is 4.85. The Hall–Kier alpha value is -2.11. The summed E-state index contributed by atoms with van der Waals surface area (Å²) in [4.78, 5) is 24.1. The van der Waals surface area contributed by atoms with E-state index in [-0.39, 0.29) is 12.4 Å². The quantitative estimate of drug-likeness (QED) is 0.868. The highest BCUT2D eigenvalue weighted by Gasteiger charge is 2.22. The van der Waals surface area contributed by atoms with Crippen molar-refractivity contribution in [2.24, 2.45) is 5.92 Å². The number of halogens is 1. The van der Waals surface area contributed by atoms with Crippen LogP contribution in [0, 0.1) is 11.7 Å². The van der Waals surface area contributed by atoms with Gasteiger partial charge in [-0.05, 0) is 31.5 Å². The van der Waals surface area contributed by atoms with Gasteiger partial charge in [-0.3, -0.25) is 4.79 Å². The first-order valence-electron chi connectivity index (χ1n) is 6.30. The van der Waals surface area contributed by atoms with Crippen LogP contribution < -0.4 is 5.32 Å². The van der Waals surface area contributed by atoms with Crippen molar-refractivity contribution >= 4 is 12.0 Å². The van der Waals surface area contributed by atoms with E-state index in [2.05, 4.69) is 5.32 Å². The number of carbonyl (C=O) groups is 2. The smallest absolute Gasteiger partial charge is 0.317 e. The molecule has 5 nitrogen and oxygen atoms in total. The second-order valence-electron chi connectivity index (χ2n) is 4.85. The van der Waals surface area contributed by atoms with E-state index >= 15 is 0 Å². The average molecular weight is 282 g/mol. The van der Waals surface area contributed by atoms with Crippen LogP contribution in [0.1, 0.15) is 19.4 Å². The maximum atomic E-state index is 13.0. The van der Waals surface area contributed by atoms with E-state index < -0.39 is 24.0 Å². The van der Waals surface area contributed by atoms with E-state index in [1.54, 1.807) is 26.1 Å². The Morgan fingerprint density at radius 1 is 1.40 bits per heavy atom. The first kappa shape index (κ1) is 15.9. The van der Waals surface area contributed by atoms with Crippen LogP contribution in [-0.4, -0.2) is 35.1 Å². The van der Waals surface area contributed by atoms with Gasteiger partial charge in [-0.25, -0.2) is 9.18 Å². The molecule has 0 fully saturated rings.